The molecule has 1 aliphatic rings. The van der Waals surface area contributed by atoms with Crippen molar-refractivity contribution in [3.05, 3.63) is 59.2 Å². The largest absolute Gasteiger partial charge is 0.0654 e. The Morgan fingerprint density at radius 2 is 1.65 bits per heavy atom. The maximum atomic E-state index is 2.45. The lowest BCUT2D eigenvalue weighted by Gasteiger charge is -2.26. The van der Waals surface area contributed by atoms with Crippen LogP contribution in [0.15, 0.2) is 42.5 Å². The zero-order valence-electron chi connectivity index (χ0n) is 16.5. The number of aryl methyl sites for hydroxylation is 2. The molecule has 0 nitrogen and oxygen atoms in total. The van der Waals surface area contributed by atoms with Crippen molar-refractivity contribution in [3.63, 3.8) is 0 Å². The summed E-state index contributed by atoms with van der Waals surface area (Å²) < 4.78 is 0. The van der Waals surface area contributed by atoms with Gasteiger partial charge in [0.05, 0.1) is 0 Å². The normalized spacial score (nSPS) is 16.9. The molecule has 0 radical (unpaired) electrons. The summed E-state index contributed by atoms with van der Waals surface area (Å²) in [7, 11) is 0. The Labute approximate surface area is 158 Å². The molecule has 1 aliphatic carbocycles. The van der Waals surface area contributed by atoms with Crippen LogP contribution in [0.4, 0.5) is 0 Å². The van der Waals surface area contributed by atoms with Gasteiger partial charge in [-0.05, 0) is 76.3 Å². The van der Waals surface area contributed by atoms with E-state index >= 15 is 0 Å². The summed E-state index contributed by atoms with van der Waals surface area (Å²) in [4.78, 5) is 0. The third kappa shape index (κ3) is 3.39. The van der Waals surface area contributed by atoms with Crippen molar-refractivity contribution >= 4 is 21.5 Å². The molecule has 0 fully saturated rings. The molecule has 0 heteroatoms. The van der Waals surface area contributed by atoms with E-state index in [1.54, 1.807) is 11.1 Å². The first-order chi connectivity index (χ1) is 12.8. The number of rotatable bonds is 6. The summed E-state index contributed by atoms with van der Waals surface area (Å²) in [6.45, 7) is 4.58. The molecule has 1 atom stereocenters. The molecule has 0 spiro atoms. The molecule has 3 aromatic carbocycles. The van der Waals surface area contributed by atoms with E-state index in [0.29, 0.717) is 0 Å². The molecule has 136 valence electrons. The van der Waals surface area contributed by atoms with Crippen LogP contribution < -0.4 is 0 Å². The minimum atomic E-state index is 0.904. The minimum Gasteiger partial charge on any atom is -0.0654 e. The van der Waals surface area contributed by atoms with Crippen molar-refractivity contribution in [1.82, 2.24) is 0 Å². The van der Waals surface area contributed by atoms with Crippen LogP contribution in [0.1, 0.15) is 69.1 Å². The summed E-state index contributed by atoms with van der Waals surface area (Å²) in [6.07, 6.45) is 11.8. The lowest BCUT2D eigenvalue weighted by Crippen LogP contribution is -2.14. The van der Waals surface area contributed by atoms with E-state index in [-0.39, 0.29) is 0 Å². The molecule has 0 amide bonds. The number of unbranched alkanes of at least 4 members (excludes halogenated alkanes) is 2. The highest BCUT2D eigenvalue weighted by Crippen LogP contribution is 2.36. The molecule has 0 aliphatic heterocycles. The van der Waals surface area contributed by atoms with Gasteiger partial charge in [-0.15, -0.1) is 0 Å². The quantitative estimate of drug-likeness (QED) is 0.403. The van der Waals surface area contributed by atoms with Crippen LogP contribution in [0.25, 0.3) is 21.5 Å². The first-order valence-electron chi connectivity index (χ1n) is 10.8. The molecule has 0 saturated carbocycles. The summed E-state index contributed by atoms with van der Waals surface area (Å²) in [5, 5.41) is 5.81. The van der Waals surface area contributed by atoms with E-state index in [1.807, 2.05) is 0 Å². The van der Waals surface area contributed by atoms with Gasteiger partial charge in [-0.3, -0.25) is 0 Å². The molecule has 0 N–H and O–H groups in total. The lowest BCUT2D eigenvalue weighted by molar-refractivity contribution is 0.414. The first-order valence-corrected chi connectivity index (χ1v) is 10.8. The topological polar surface area (TPSA) is 0 Å². The Balaban J connectivity index is 1.74. The fourth-order valence-electron chi connectivity index (χ4n) is 4.81. The molecule has 0 heterocycles. The highest BCUT2D eigenvalue weighted by atomic mass is 14.2. The molecule has 0 bridgehead atoms. The van der Waals surface area contributed by atoms with Gasteiger partial charge in [0.25, 0.3) is 0 Å². The smallest absolute Gasteiger partial charge is 0.0102 e. The predicted molar refractivity (Wildman–Crippen MR) is 115 cm³/mol. The van der Waals surface area contributed by atoms with Gasteiger partial charge in [0.2, 0.25) is 0 Å². The van der Waals surface area contributed by atoms with E-state index in [1.165, 1.54) is 84.9 Å². The van der Waals surface area contributed by atoms with Crippen molar-refractivity contribution in [2.24, 2.45) is 5.92 Å². The SMILES string of the molecule is CCCCc1ccc2ccc3c4c(ccc3c2c1)CC(CCCC)CC4. The van der Waals surface area contributed by atoms with Crippen molar-refractivity contribution < 1.29 is 0 Å². The molecule has 3 aromatic rings. The van der Waals surface area contributed by atoms with Crippen molar-refractivity contribution in [1.29, 1.82) is 0 Å². The Bertz CT molecular complexity index is 903. The predicted octanol–water partition coefficient (Wildman–Crippen LogP) is 7.63. The Morgan fingerprint density at radius 3 is 2.50 bits per heavy atom. The average molecular weight is 345 g/mol. The van der Waals surface area contributed by atoms with Gasteiger partial charge in [-0.1, -0.05) is 82.0 Å². The zero-order chi connectivity index (χ0) is 17.9. The van der Waals surface area contributed by atoms with Gasteiger partial charge in [0.1, 0.15) is 0 Å². The standard InChI is InChI=1S/C26H32/c1-3-5-7-19-10-14-23-22(17-19)13-16-25-24(23)15-12-21-11-9-20(8-6-4-2)18-26(21)25/h9,11-13,15-16,18-19H,3-8,10,14,17H2,1-2H3. The Hall–Kier alpha value is -1.82. The van der Waals surface area contributed by atoms with Crippen LogP contribution in [0, 0.1) is 5.92 Å². The van der Waals surface area contributed by atoms with Gasteiger partial charge >= 0.3 is 0 Å². The Kier molecular flexibility index (Phi) is 5.29. The first kappa shape index (κ1) is 17.6. The number of fused-ring (bicyclic) bond motifs is 5. The third-order valence-electron chi connectivity index (χ3n) is 6.39. The van der Waals surface area contributed by atoms with Gasteiger partial charge in [-0.25, -0.2) is 0 Å². The molecule has 1 unspecified atom stereocenters. The number of hydrogen-bond acceptors (Lipinski definition) is 0. The second-order valence-electron chi connectivity index (χ2n) is 8.27. The number of benzene rings is 3. The van der Waals surface area contributed by atoms with E-state index in [2.05, 4.69) is 56.3 Å². The average Bonchev–Trinajstić information content (AvgIpc) is 2.69. The van der Waals surface area contributed by atoms with Gasteiger partial charge < -0.3 is 0 Å². The minimum absolute atomic E-state index is 0.904. The van der Waals surface area contributed by atoms with E-state index in [9.17, 15) is 0 Å². The molecular weight excluding hydrogens is 312 g/mol. The van der Waals surface area contributed by atoms with Crippen LogP contribution in [-0.4, -0.2) is 0 Å². The van der Waals surface area contributed by atoms with Crippen LogP contribution in [0.3, 0.4) is 0 Å². The van der Waals surface area contributed by atoms with E-state index in [4.69, 9.17) is 0 Å². The maximum absolute atomic E-state index is 2.45. The van der Waals surface area contributed by atoms with Gasteiger partial charge in [0, 0.05) is 0 Å². The summed E-state index contributed by atoms with van der Waals surface area (Å²) in [6, 6.07) is 16.7. The van der Waals surface area contributed by atoms with Crippen LogP contribution >= 0.6 is 0 Å². The second kappa shape index (κ2) is 7.82. The highest BCUT2D eigenvalue weighted by molar-refractivity contribution is 6.09. The van der Waals surface area contributed by atoms with Crippen LogP contribution in [0.5, 0.6) is 0 Å². The maximum Gasteiger partial charge on any atom is -0.0102 e. The van der Waals surface area contributed by atoms with Gasteiger partial charge in [-0.2, -0.15) is 0 Å². The molecule has 0 aromatic heterocycles. The van der Waals surface area contributed by atoms with Crippen LogP contribution in [0.2, 0.25) is 0 Å². The molecule has 4 rings (SSSR count). The van der Waals surface area contributed by atoms with Crippen molar-refractivity contribution in [2.75, 3.05) is 0 Å². The van der Waals surface area contributed by atoms with E-state index < -0.39 is 0 Å². The zero-order valence-corrected chi connectivity index (χ0v) is 16.5. The third-order valence-corrected chi connectivity index (χ3v) is 6.39. The van der Waals surface area contributed by atoms with E-state index in [0.717, 1.165) is 5.92 Å². The monoisotopic (exact) mass is 344 g/mol. The summed E-state index contributed by atoms with van der Waals surface area (Å²) in [5.74, 6) is 0.904. The van der Waals surface area contributed by atoms with Crippen molar-refractivity contribution in [2.45, 2.75) is 71.6 Å². The summed E-state index contributed by atoms with van der Waals surface area (Å²) >= 11 is 0. The van der Waals surface area contributed by atoms with Gasteiger partial charge in [0.15, 0.2) is 0 Å². The highest BCUT2D eigenvalue weighted by Gasteiger charge is 2.20. The van der Waals surface area contributed by atoms with Crippen LogP contribution in [-0.2, 0) is 19.3 Å². The fraction of sp³-hybridized carbons (Fsp3) is 0.462. The fourth-order valence-corrected chi connectivity index (χ4v) is 4.81. The lowest BCUT2D eigenvalue weighted by atomic mass is 9.79. The Morgan fingerprint density at radius 1 is 0.846 bits per heavy atom. The molecule has 0 saturated heterocycles. The summed E-state index contributed by atoms with van der Waals surface area (Å²) in [5.41, 5.74) is 4.74. The van der Waals surface area contributed by atoms with Crippen molar-refractivity contribution in [3.8, 4) is 0 Å². The molecular formula is C26H32. The second-order valence-corrected chi connectivity index (χ2v) is 8.27. The number of hydrogen-bond donors (Lipinski definition) is 0. The molecule has 26 heavy (non-hydrogen) atoms.